The molecule has 2 aromatic carbocycles. The van der Waals surface area contributed by atoms with Crippen molar-refractivity contribution in [1.29, 1.82) is 0 Å². The van der Waals surface area contributed by atoms with E-state index >= 15 is 0 Å². The first-order valence-electron chi connectivity index (χ1n) is 25.3. The van der Waals surface area contributed by atoms with E-state index in [0.29, 0.717) is 28.8 Å². The third kappa shape index (κ3) is 17.1. The number of H-pyrrole nitrogens is 1. The van der Waals surface area contributed by atoms with Crippen molar-refractivity contribution in [2.45, 2.75) is 131 Å². The number of aromatic amines is 1. The maximum atomic E-state index is 13.0. The number of nitrogens with one attached hydrogen (secondary N) is 2. The SMILES string of the molecule is C.CC1(C)CCc2c(C(=O)O)nn(COCC[Si](C)(C)C)c2C1.CN(C)CCC(c1cccc(Cl)c1)n1cc(N)cn1.CN(C)CCC(c1cccc(Cl)c1)n1cc(NC(=O)c2n[nH]c3c2CCC(C)(C)C3)cn1. The van der Waals surface area contributed by atoms with Gasteiger partial charge in [0.1, 0.15) is 6.73 Å². The average Bonchev–Trinajstić information content (AvgIpc) is 4.11. The molecule has 8 rings (SSSR count). The molecule has 0 saturated carbocycles. The van der Waals surface area contributed by atoms with E-state index in [-0.39, 0.29) is 41.9 Å². The monoisotopic (exact) mass is 1070 g/mol. The van der Waals surface area contributed by atoms with Gasteiger partial charge in [-0.05, 0) is 145 Å². The van der Waals surface area contributed by atoms with E-state index in [4.69, 9.17) is 33.7 Å². The van der Waals surface area contributed by atoms with E-state index in [0.717, 1.165) is 116 Å². The molecule has 1 amide bonds. The number of amides is 1. The standard InChI is InChI=1S/C24H31ClN6O.C16H28N2O3Si.C14H19ClN4.CH4/c1-24(2)10-8-19-20(13-24)28-29-22(19)23(32)27-18-14-26-31(15-18)21(9-11-30(3)4)16-6-5-7-17(25)12-16;1-16(2)7-6-12-13(10-16)18(17-14(12)15(19)20)11-21-8-9-22(3,4)5;1-18(2)7-6-14(19-10-13(16)9-17-19)11-4-3-5-12(15)8-11;/h5-7,12,14-15,21H,8-11,13H2,1-4H3,(H,27,32)(H,28,29);6-11H2,1-5H3,(H,19,20);3-5,8-10,14H,6-7,16H2,1-2H3;1H4. The third-order valence-corrected chi connectivity index (χ3v) is 15.6. The van der Waals surface area contributed by atoms with Gasteiger partial charge in [-0.2, -0.15) is 20.4 Å². The second-order valence-electron chi connectivity index (χ2n) is 22.9. The average molecular weight is 1070 g/mol. The Morgan fingerprint density at radius 2 is 1.39 bits per heavy atom. The molecule has 0 spiro atoms. The molecule has 0 radical (unpaired) electrons. The predicted molar refractivity (Wildman–Crippen MR) is 303 cm³/mol. The van der Waals surface area contributed by atoms with E-state index in [1.807, 2.05) is 58.2 Å². The summed E-state index contributed by atoms with van der Waals surface area (Å²) in [7, 11) is 7.12. The summed E-state index contributed by atoms with van der Waals surface area (Å²) in [6, 6.07) is 17.0. The van der Waals surface area contributed by atoms with Crippen LogP contribution < -0.4 is 11.1 Å². The number of carbonyl (C=O) groups excluding carboxylic acids is 1. The second kappa shape index (κ2) is 26.0. The van der Waals surface area contributed by atoms with Crippen LogP contribution in [0.4, 0.5) is 11.4 Å². The topological polar surface area (TPSA) is 190 Å². The number of halogens is 2. The Bertz CT molecular complexity index is 2770. The van der Waals surface area contributed by atoms with E-state index in [1.54, 1.807) is 17.1 Å². The van der Waals surface area contributed by atoms with Gasteiger partial charge < -0.3 is 30.7 Å². The highest BCUT2D eigenvalue weighted by molar-refractivity contribution is 6.76. The van der Waals surface area contributed by atoms with E-state index < -0.39 is 14.0 Å². The van der Waals surface area contributed by atoms with Crippen LogP contribution in [0.5, 0.6) is 0 Å². The van der Waals surface area contributed by atoms with Crippen molar-refractivity contribution in [3.63, 3.8) is 0 Å². The van der Waals surface area contributed by atoms with E-state index in [2.05, 4.69) is 128 Å². The Balaban J connectivity index is 0.000000213. The summed E-state index contributed by atoms with van der Waals surface area (Å²) >= 11 is 12.3. The third-order valence-electron chi connectivity index (χ3n) is 13.4. The number of fused-ring (bicyclic) bond motifs is 2. The zero-order valence-electron chi connectivity index (χ0n) is 44.8. The highest BCUT2D eigenvalue weighted by Gasteiger charge is 2.33. The zero-order valence-corrected chi connectivity index (χ0v) is 47.3. The Hall–Kier alpha value is -5.30. The molecule has 0 aliphatic heterocycles. The second-order valence-corrected chi connectivity index (χ2v) is 29.4. The number of anilines is 2. The number of nitrogens with zero attached hydrogens (tertiary/aromatic N) is 9. The number of nitrogens with two attached hydrogens (primary N) is 1. The van der Waals surface area contributed by atoms with Gasteiger partial charge in [0.15, 0.2) is 11.4 Å². The molecule has 2 atom stereocenters. The molecule has 4 aromatic heterocycles. The highest BCUT2D eigenvalue weighted by Crippen LogP contribution is 2.37. The summed E-state index contributed by atoms with van der Waals surface area (Å²) in [5.74, 6) is -1.13. The van der Waals surface area contributed by atoms with Crippen molar-refractivity contribution in [3.8, 4) is 0 Å². The minimum atomic E-state index is -1.11. The normalized spacial score (nSPS) is 15.4. The molecular weight excluding hydrogens is 992 g/mol. The number of rotatable bonds is 18. The first kappa shape index (κ1) is 59.6. The molecule has 6 aromatic rings. The Morgan fingerprint density at radius 1 is 0.838 bits per heavy atom. The molecular formula is C55H82Cl2N12O4Si. The van der Waals surface area contributed by atoms with Crippen LogP contribution >= 0.6 is 23.2 Å². The van der Waals surface area contributed by atoms with Crippen LogP contribution in [0.2, 0.25) is 35.7 Å². The summed E-state index contributed by atoms with van der Waals surface area (Å²) in [5.41, 5.74) is 14.5. The predicted octanol–water partition coefficient (Wildman–Crippen LogP) is 11.3. The quantitative estimate of drug-likeness (QED) is 0.0473. The van der Waals surface area contributed by atoms with Crippen LogP contribution in [-0.2, 0) is 37.2 Å². The number of aromatic carboxylic acids is 1. The van der Waals surface area contributed by atoms with Gasteiger partial charge in [0.05, 0.1) is 35.9 Å². The number of aromatic nitrogens is 8. The molecule has 4 heterocycles. The van der Waals surface area contributed by atoms with Crippen molar-refractivity contribution in [2.24, 2.45) is 10.8 Å². The lowest BCUT2D eigenvalue weighted by Gasteiger charge is -2.30. The molecule has 16 nitrogen and oxygen atoms in total. The molecule has 0 fully saturated rings. The molecule has 2 aliphatic carbocycles. The first-order valence-corrected chi connectivity index (χ1v) is 29.7. The lowest BCUT2D eigenvalue weighted by Crippen LogP contribution is -2.25. The van der Waals surface area contributed by atoms with Crippen molar-refractivity contribution in [1.82, 2.24) is 49.3 Å². The molecule has 74 heavy (non-hydrogen) atoms. The number of hydrogen-bond donors (Lipinski definition) is 4. The largest absolute Gasteiger partial charge is 0.476 e. The zero-order chi connectivity index (χ0) is 53.3. The number of ether oxygens (including phenoxy) is 1. The molecule has 2 unspecified atom stereocenters. The van der Waals surface area contributed by atoms with Crippen molar-refractivity contribution in [2.75, 3.05) is 58.9 Å². The maximum absolute atomic E-state index is 13.0. The molecule has 19 heteroatoms. The number of carbonyl (C=O) groups is 2. The van der Waals surface area contributed by atoms with Crippen LogP contribution in [0, 0.1) is 10.8 Å². The fraction of sp³-hybridized carbons (Fsp3) is 0.527. The van der Waals surface area contributed by atoms with Gasteiger partial charge in [-0.3, -0.25) is 19.3 Å². The summed E-state index contributed by atoms with van der Waals surface area (Å²) < 4.78 is 11.3. The molecule has 2 aliphatic rings. The van der Waals surface area contributed by atoms with Crippen LogP contribution in [0.25, 0.3) is 0 Å². The van der Waals surface area contributed by atoms with Gasteiger partial charge in [-0.1, -0.05) is 102 Å². The van der Waals surface area contributed by atoms with E-state index in [1.165, 1.54) is 0 Å². The van der Waals surface area contributed by atoms with Gasteiger partial charge in [0.25, 0.3) is 5.91 Å². The van der Waals surface area contributed by atoms with Gasteiger partial charge in [-0.15, -0.1) is 0 Å². The lowest BCUT2D eigenvalue weighted by molar-refractivity contribution is 0.0667. The van der Waals surface area contributed by atoms with Crippen molar-refractivity contribution < 1.29 is 19.4 Å². The van der Waals surface area contributed by atoms with Gasteiger partial charge in [0, 0.05) is 59.6 Å². The lowest BCUT2D eigenvalue weighted by atomic mass is 9.76. The maximum Gasteiger partial charge on any atom is 0.356 e. The first-order chi connectivity index (χ1) is 34.4. The summed E-state index contributed by atoms with van der Waals surface area (Å²) in [5, 5.41) is 34.3. The molecule has 0 saturated heterocycles. The number of hydrogen-bond acceptors (Lipinski definition) is 10. The number of carboxylic acids is 1. The summed E-state index contributed by atoms with van der Waals surface area (Å²) in [6.45, 7) is 18.8. The fourth-order valence-corrected chi connectivity index (χ4v) is 10.4. The van der Waals surface area contributed by atoms with Crippen molar-refractivity contribution in [3.05, 3.63) is 128 Å². The summed E-state index contributed by atoms with van der Waals surface area (Å²) in [4.78, 5) is 28.7. The Morgan fingerprint density at radius 3 is 1.92 bits per heavy atom. The van der Waals surface area contributed by atoms with Crippen LogP contribution in [-0.4, -0.2) is 122 Å². The van der Waals surface area contributed by atoms with Gasteiger partial charge in [-0.25, -0.2) is 9.48 Å². The van der Waals surface area contributed by atoms with Crippen LogP contribution in [0.3, 0.4) is 0 Å². The summed E-state index contributed by atoms with van der Waals surface area (Å²) in [6.07, 6.45) is 14.4. The molecule has 5 N–H and O–H groups in total. The minimum Gasteiger partial charge on any atom is -0.476 e. The minimum absolute atomic E-state index is 0. The number of benzene rings is 2. The fourth-order valence-electron chi connectivity index (χ4n) is 9.22. The van der Waals surface area contributed by atoms with Gasteiger partial charge in [0.2, 0.25) is 0 Å². The Kier molecular flexibility index (Phi) is 20.9. The smallest absolute Gasteiger partial charge is 0.356 e. The van der Waals surface area contributed by atoms with Gasteiger partial charge >= 0.3 is 5.97 Å². The number of nitrogen functional groups attached to an aromatic ring is 1. The van der Waals surface area contributed by atoms with Crippen molar-refractivity contribution >= 4 is 54.5 Å². The molecule has 0 bridgehead atoms. The van der Waals surface area contributed by atoms with E-state index in [9.17, 15) is 14.7 Å². The highest BCUT2D eigenvalue weighted by atomic mass is 35.5. The molecule has 404 valence electrons. The van der Waals surface area contributed by atoms with Crippen LogP contribution in [0.15, 0.2) is 73.3 Å². The Labute approximate surface area is 450 Å². The van der Waals surface area contributed by atoms with Crippen LogP contribution in [0.1, 0.15) is 128 Å². The number of carboxylic acid groups (broad SMARTS) is 1.